The minimum atomic E-state index is -0.366. The Kier molecular flexibility index (Phi) is 6.55. The van der Waals surface area contributed by atoms with Gasteiger partial charge in [0.25, 0.3) is 0 Å². The van der Waals surface area contributed by atoms with Crippen LogP contribution >= 0.6 is 11.8 Å². The first-order valence-corrected chi connectivity index (χ1v) is 11.4. The lowest BCUT2D eigenvalue weighted by atomic mass is 9.98. The van der Waals surface area contributed by atoms with Gasteiger partial charge in [0.1, 0.15) is 6.61 Å². The monoisotopic (exact) mass is 415 g/mol. The summed E-state index contributed by atoms with van der Waals surface area (Å²) >= 11 is 1.73. The summed E-state index contributed by atoms with van der Waals surface area (Å²) in [6, 6.07) is 25.1. The molecular formula is C26H25NO2S. The van der Waals surface area contributed by atoms with Gasteiger partial charge in [0, 0.05) is 17.4 Å². The quantitative estimate of drug-likeness (QED) is 0.361. The molecule has 3 nitrogen and oxygen atoms in total. The van der Waals surface area contributed by atoms with E-state index < -0.39 is 0 Å². The number of ether oxygens (including phenoxy) is 1. The smallest absolute Gasteiger partial charge is 0.407 e. The van der Waals surface area contributed by atoms with Gasteiger partial charge in [-0.15, -0.1) is 11.8 Å². The van der Waals surface area contributed by atoms with Crippen LogP contribution < -0.4 is 5.32 Å². The van der Waals surface area contributed by atoms with Gasteiger partial charge in [-0.25, -0.2) is 4.79 Å². The average molecular weight is 416 g/mol. The molecule has 30 heavy (non-hydrogen) atoms. The lowest BCUT2D eigenvalue weighted by molar-refractivity contribution is 0.143. The van der Waals surface area contributed by atoms with E-state index in [1.807, 2.05) is 12.1 Å². The van der Waals surface area contributed by atoms with Gasteiger partial charge in [0.05, 0.1) is 0 Å². The van der Waals surface area contributed by atoms with E-state index in [9.17, 15) is 4.79 Å². The van der Waals surface area contributed by atoms with Crippen molar-refractivity contribution in [2.45, 2.75) is 17.2 Å². The van der Waals surface area contributed by atoms with Crippen molar-refractivity contribution in [2.75, 3.05) is 19.4 Å². The molecule has 0 saturated carbocycles. The van der Waals surface area contributed by atoms with Crippen molar-refractivity contribution < 1.29 is 9.53 Å². The zero-order valence-corrected chi connectivity index (χ0v) is 17.8. The lowest BCUT2D eigenvalue weighted by Gasteiger charge is -2.14. The summed E-state index contributed by atoms with van der Waals surface area (Å²) in [5.41, 5.74) is 6.09. The molecule has 4 rings (SSSR count). The predicted octanol–water partition coefficient (Wildman–Crippen LogP) is 6.35. The van der Waals surface area contributed by atoms with Crippen LogP contribution in [0.2, 0.25) is 0 Å². The van der Waals surface area contributed by atoms with Crippen molar-refractivity contribution in [1.29, 1.82) is 0 Å². The Bertz CT molecular complexity index is 1010. The summed E-state index contributed by atoms with van der Waals surface area (Å²) in [5, 5.41) is 2.85. The van der Waals surface area contributed by atoms with Crippen LogP contribution in [0.25, 0.3) is 17.2 Å². The number of rotatable bonds is 7. The SMILES string of the molecule is CSc1cccc(C=CCCNC(=O)OCC2c3ccccc3-c3ccccc32)c1. The van der Waals surface area contributed by atoms with Gasteiger partial charge in [-0.3, -0.25) is 0 Å². The molecule has 1 aliphatic carbocycles. The van der Waals surface area contributed by atoms with Crippen LogP contribution in [0.5, 0.6) is 0 Å². The highest BCUT2D eigenvalue weighted by Gasteiger charge is 2.28. The summed E-state index contributed by atoms with van der Waals surface area (Å²) < 4.78 is 5.56. The summed E-state index contributed by atoms with van der Waals surface area (Å²) in [6.45, 7) is 0.895. The van der Waals surface area contributed by atoms with E-state index in [2.05, 4.69) is 84.4 Å². The second-order valence-electron chi connectivity index (χ2n) is 7.22. The van der Waals surface area contributed by atoms with E-state index in [0.29, 0.717) is 13.2 Å². The number of carbonyl (C=O) groups excluding carboxylic acids is 1. The van der Waals surface area contributed by atoms with Crippen LogP contribution in [-0.2, 0) is 4.74 Å². The molecule has 0 aliphatic heterocycles. The normalized spacial score (nSPS) is 12.6. The van der Waals surface area contributed by atoms with Gasteiger partial charge in [-0.1, -0.05) is 72.8 Å². The second kappa shape index (κ2) is 9.68. The van der Waals surface area contributed by atoms with Crippen LogP contribution in [0.15, 0.2) is 83.8 Å². The van der Waals surface area contributed by atoms with E-state index in [1.165, 1.54) is 32.7 Å². The molecule has 0 unspecified atom stereocenters. The molecule has 1 amide bonds. The van der Waals surface area contributed by atoms with Crippen molar-refractivity contribution >= 4 is 23.9 Å². The molecule has 3 aromatic rings. The lowest BCUT2D eigenvalue weighted by Crippen LogP contribution is -2.26. The summed E-state index contributed by atoms with van der Waals surface area (Å²) in [4.78, 5) is 13.4. The Morgan fingerprint density at radius 3 is 2.40 bits per heavy atom. The molecule has 0 aromatic heterocycles. The van der Waals surface area contributed by atoms with Gasteiger partial charge in [-0.2, -0.15) is 0 Å². The van der Waals surface area contributed by atoms with Crippen molar-refractivity contribution in [2.24, 2.45) is 0 Å². The number of benzene rings is 3. The van der Waals surface area contributed by atoms with Crippen molar-refractivity contribution in [3.63, 3.8) is 0 Å². The number of fused-ring (bicyclic) bond motifs is 3. The van der Waals surface area contributed by atoms with Gasteiger partial charge >= 0.3 is 6.09 Å². The summed E-state index contributed by atoms with van der Waals surface area (Å²) in [7, 11) is 0. The Labute approximate surface area is 182 Å². The Balaban J connectivity index is 1.27. The zero-order chi connectivity index (χ0) is 20.8. The van der Waals surface area contributed by atoms with Gasteiger partial charge < -0.3 is 10.1 Å². The fraction of sp³-hybridized carbons (Fsp3) is 0.192. The maximum absolute atomic E-state index is 12.2. The Hall–Kier alpha value is -2.98. The molecule has 152 valence electrons. The summed E-state index contributed by atoms with van der Waals surface area (Å²) in [6.07, 6.45) is 6.62. The van der Waals surface area contributed by atoms with E-state index >= 15 is 0 Å². The first-order chi connectivity index (χ1) is 14.8. The van der Waals surface area contributed by atoms with Crippen LogP contribution in [0.1, 0.15) is 29.0 Å². The minimum absolute atomic E-state index is 0.0896. The third-order valence-corrected chi connectivity index (χ3v) is 6.05. The predicted molar refractivity (Wildman–Crippen MR) is 125 cm³/mol. The van der Waals surface area contributed by atoms with Gasteiger partial charge in [0.15, 0.2) is 0 Å². The molecule has 4 heteroatoms. The average Bonchev–Trinajstić information content (AvgIpc) is 3.11. The van der Waals surface area contributed by atoms with Crippen molar-refractivity contribution in [3.05, 3.63) is 95.6 Å². The molecular weight excluding hydrogens is 390 g/mol. The largest absolute Gasteiger partial charge is 0.449 e. The third kappa shape index (κ3) is 4.60. The van der Waals surface area contributed by atoms with Gasteiger partial charge in [-0.05, 0) is 52.6 Å². The van der Waals surface area contributed by atoms with Crippen LogP contribution in [0.4, 0.5) is 4.79 Å². The topological polar surface area (TPSA) is 38.3 Å². The third-order valence-electron chi connectivity index (χ3n) is 5.33. The number of amides is 1. The Morgan fingerprint density at radius 1 is 1.00 bits per heavy atom. The van der Waals surface area contributed by atoms with Crippen molar-refractivity contribution in [3.8, 4) is 11.1 Å². The fourth-order valence-electron chi connectivity index (χ4n) is 3.87. The molecule has 0 radical (unpaired) electrons. The van der Waals surface area contributed by atoms with Crippen molar-refractivity contribution in [1.82, 2.24) is 5.32 Å². The second-order valence-corrected chi connectivity index (χ2v) is 8.10. The molecule has 1 aliphatic rings. The van der Waals surface area contributed by atoms with E-state index in [0.717, 1.165) is 6.42 Å². The maximum atomic E-state index is 12.2. The fourth-order valence-corrected chi connectivity index (χ4v) is 4.34. The molecule has 0 saturated heterocycles. The first kappa shape index (κ1) is 20.3. The summed E-state index contributed by atoms with van der Waals surface area (Å²) in [5.74, 6) is 0.0896. The molecule has 3 aromatic carbocycles. The van der Waals surface area contributed by atoms with E-state index in [1.54, 1.807) is 11.8 Å². The van der Waals surface area contributed by atoms with E-state index in [-0.39, 0.29) is 12.0 Å². The van der Waals surface area contributed by atoms with Crippen LogP contribution in [0.3, 0.4) is 0 Å². The molecule has 0 atom stereocenters. The molecule has 0 spiro atoms. The maximum Gasteiger partial charge on any atom is 0.407 e. The van der Waals surface area contributed by atoms with Crippen LogP contribution in [0, 0.1) is 0 Å². The number of thioether (sulfide) groups is 1. The minimum Gasteiger partial charge on any atom is -0.449 e. The standard InChI is InChI=1S/C26H25NO2S/c1-30-20-11-8-10-19(17-20)9-6-7-16-27-26(28)29-18-25-23-14-4-2-12-21(23)22-13-3-5-15-24(22)25/h2-6,8-15,17,25H,7,16,18H2,1H3,(H,27,28). The number of hydrogen-bond donors (Lipinski definition) is 1. The molecule has 0 fully saturated rings. The number of alkyl carbamates (subject to hydrolysis) is 1. The zero-order valence-electron chi connectivity index (χ0n) is 17.0. The van der Waals surface area contributed by atoms with Crippen LogP contribution in [-0.4, -0.2) is 25.5 Å². The number of hydrogen-bond acceptors (Lipinski definition) is 3. The van der Waals surface area contributed by atoms with E-state index in [4.69, 9.17) is 4.74 Å². The highest BCUT2D eigenvalue weighted by Crippen LogP contribution is 2.44. The molecule has 0 bridgehead atoms. The molecule has 0 heterocycles. The number of carbonyl (C=O) groups is 1. The highest BCUT2D eigenvalue weighted by molar-refractivity contribution is 7.98. The first-order valence-electron chi connectivity index (χ1n) is 10.2. The number of nitrogens with one attached hydrogen (secondary N) is 1. The highest BCUT2D eigenvalue weighted by atomic mass is 32.2. The molecule has 1 N–H and O–H groups in total. The Morgan fingerprint density at radius 2 is 1.70 bits per heavy atom. The van der Waals surface area contributed by atoms with Gasteiger partial charge in [0.2, 0.25) is 0 Å².